The average Bonchev–Trinajstić information content (AvgIpc) is 3.23. The number of tetrazole rings is 1. The summed E-state index contributed by atoms with van der Waals surface area (Å²) >= 11 is 6.10. The van der Waals surface area contributed by atoms with Crippen LogP contribution in [0.4, 0.5) is 13.2 Å². The Kier molecular flexibility index (Phi) is 5.08. The molecule has 0 atom stereocenters. The topological polar surface area (TPSA) is 101 Å². The molecule has 9 nitrogen and oxygen atoms in total. The van der Waals surface area contributed by atoms with Crippen LogP contribution in [0, 0.1) is 0 Å². The van der Waals surface area contributed by atoms with E-state index in [4.69, 9.17) is 16.3 Å². The van der Waals surface area contributed by atoms with Gasteiger partial charge in [0.1, 0.15) is 6.54 Å². The Bertz CT molecular complexity index is 970. The first-order chi connectivity index (χ1) is 12.8. The van der Waals surface area contributed by atoms with Gasteiger partial charge in [-0.3, -0.25) is 0 Å². The predicted molar refractivity (Wildman–Crippen MR) is 84.2 cm³/mol. The van der Waals surface area contributed by atoms with Crippen LogP contribution in [-0.4, -0.2) is 47.5 Å². The molecule has 0 aliphatic heterocycles. The van der Waals surface area contributed by atoms with Gasteiger partial charge in [-0.25, -0.2) is 14.5 Å². The van der Waals surface area contributed by atoms with Crippen molar-refractivity contribution in [2.24, 2.45) is 0 Å². The zero-order chi connectivity index (χ0) is 19.6. The Morgan fingerprint density at radius 1 is 1.33 bits per heavy atom. The van der Waals surface area contributed by atoms with Crippen LogP contribution in [0.2, 0.25) is 5.02 Å². The second kappa shape index (κ2) is 7.31. The lowest BCUT2D eigenvalue weighted by molar-refractivity contribution is -0.145. The maximum Gasteiger partial charge on any atom is 0.455 e. The van der Waals surface area contributed by atoms with Gasteiger partial charge in [-0.1, -0.05) is 11.6 Å². The van der Waals surface area contributed by atoms with Gasteiger partial charge in [0.2, 0.25) is 0 Å². The SMILES string of the molecule is CCOC(=O)c1cc(Cn2nnc(C(F)(F)F)n2)nn1-c1ncccc1Cl. The average molecular weight is 402 g/mol. The minimum atomic E-state index is -4.71. The summed E-state index contributed by atoms with van der Waals surface area (Å²) in [6, 6.07) is 4.48. The van der Waals surface area contributed by atoms with Crippen LogP contribution in [0.5, 0.6) is 0 Å². The molecular weight excluding hydrogens is 391 g/mol. The second-order valence-electron chi connectivity index (χ2n) is 5.10. The van der Waals surface area contributed by atoms with Gasteiger partial charge < -0.3 is 4.74 Å². The lowest BCUT2D eigenvalue weighted by Crippen LogP contribution is -2.13. The molecule has 0 aliphatic carbocycles. The number of pyridine rings is 1. The molecule has 3 aromatic heterocycles. The fraction of sp³-hybridized carbons (Fsp3) is 0.286. The summed E-state index contributed by atoms with van der Waals surface area (Å²) in [7, 11) is 0. The highest BCUT2D eigenvalue weighted by Gasteiger charge is 2.36. The molecule has 0 aromatic carbocycles. The minimum Gasteiger partial charge on any atom is -0.461 e. The van der Waals surface area contributed by atoms with Gasteiger partial charge in [0.05, 0.1) is 17.3 Å². The molecule has 0 fully saturated rings. The molecule has 0 radical (unpaired) electrons. The third-order valence-corrected chi connectivity index (χ3v) is 3.49. The van der Waals surface area contributed by atoms with E-state index in [1.54, 1.807) is 19.1 Å². The largest absolute Gasteiger partial charge is 0.461 e. The maximum absolute atomic E-state index is 12.6. The summed E-state index contributed by atoms with van der Waals surface area (Å²) in [5.41, 5.74) is 0.189. The number of esters is 1. The molecule has 142 valence electrons. The fourth-order valence-corrected chi connectivity index (χ4v) is 2.32. The molecule has 0 saturated carbocycles. The van der Waals surface area contributed by atoms with Crippen molar-refractivity contribution >= 4 is 17.6 Å². The summed E-state index contributed by atoms with van der Waals surface area (Å²) in [5, 5.41) is 13.9. The van der Waals surface area contributed by atoms with Gasteiger partial charge >= 0.3 is 12.1 Å². The molecule has 3 aromatic rings. The van der Waals surface area contributed by atoms with Gasteiger partial charge in [0.15, 0.2) is 11.5 Å². The number of hydrogen-bond acceptors (Lipinski definition) is 7. The summed E-state index contributed by atoms with van der Waals surface area (Å²) in [4.78, 5) is 17.0. The number of aromatic nitrogens is 7. The molecule has 3 rings (SSSR count). The molecule has 0 N–H and O–H groups in total. The number of halogens is 4. The lowest BCUT2D eigenvalue weighted by atomic mass is 10.3. The molecule has 13 heteroatoms. The summed E-state index contributed by atoms with van der Waals surface area (Å²) in [6.45, 7) is 1.49. The molecule has 0 spiro atoms. The highest BCUT2D eigenvalue weighted by atomic mass is 35.5. The van der Waals surface area contributed by atoms with Crippen LogP contribution in [0.25, 0.3) is 5.82 Å². The minimum absolute atomic E-state index is 0.00334. The Morgan fingerprint density at radius 3 is 2.74 bits per heavy atom. The highest BCUT2D eigenvalue weighted by Crippen LogP contribution is 2.25. The van der Waals surface area contributed by atoms with E-state index in [-0.39, 0.29) is 35.4 Å². The number of nitrogens with zero attached hydrogens (tertiary/aromatic N) is 7. The van der Waals surface area contributed by atoms with Crippen LogP contribution in [-0.2, 0) is 17.5 Å². The van der Waals surface area contributed by atoms with Crippen LogP contribution in [0.3, 0.4) is 0 Å². The lowest BCUT2D eigenvalue weighted by Gasteiger charge is -2.07. The van der Waals surface area contributed by atoms with Crippen LogP contribution in [0.15, 0.2) is 24.4 Å². The Balaban J connectivity index is 1.97. The van der Waals surface area contributed by atoms with Gasteiger partial charge in [0, 0.05) is 6.20 Å². The van der Waals surface area contributed by atoms with Crippen molar-refractivity contribution in [3.8, 4) is 5.82 Å². The summed E-state index contributed by atoms with van der Waals surface area (Å²) in [5.74, 6) is -1.91. The van der Waals surface area contributed by atoms with E-state index < -0.39 is 18.0 Å². The number of hydrogen-bond donors (Lipinski definition) is 0. The number of rotatable bonds is 5. The van der Waals surface area contributed by atoms with Gasteiger partial charge in [-0.15, -0.1) is 10.2 Å². The number of carbonyl (C=O) groups excluding carboxylic acids is 1. The van der Waals surface area contributed by atoms with E-state index in [0.29, 0.717) is 4.80 Å². The van der Waals surface area contributed by atoms with E-state index in [2.05, 4.69) is 25.5 Å². The van der Waals surface area contributed by atoms with Crippen molar-refractivity contribution < 1.29 is 22.7 Å². The molecule has 3 heterocycles. The van der Waals surface area contributed by atoms with Crippen molar-refractivity contribution in [1.82, 2.24) is 35.0 Å². The number of ether oxygens (including phenoxy) is 1. The Morgan fingerprint density at radius 2 is 2.11 bits per heavy atom. The number of alkyl halides is 3. The highest BCUT2D eigenvalue weighted by molar-refractivity contribution is 6.32. The van der Waals surface area contributed by atoms with Crippen molar-refractivity contribution in [3.63, 3.8) is 0 Å². The van der Waals surface area contributed by atoms with Crippen LogP contribution < -0.4 is 0 Å². The molecule has 0 unspecified atom stereocenters. The molecule has 27 heavy (non-hydrogen) atoms. The van der Waals surface area contributed by atoms with E-state index in [9.17, 15) is 18.0 Å². The number of carbonyl (C=O) groups is 1. The zero-order valence-corrected chi connectivity index (χ0v) is 14.4. The van der Waals surface area contributed by atoms with E-state index in [0.717, 1.165) is 4.68 Å². The van der Waals surface area contributed by atoms with E-state index in [1.807, 2.05) is 0 Å². The fourth-order valence-electron chi connectivity index (χ4n) is 2.12. The molecule has 0 amide bonds. The monoisotopic (exact) mass is 401 g/mol. The van der Waals surface area contributed by atoms with Crippen LogP contribution >= 0.6 is 11.6 Å². The van der Waals surface area contributed by atoms with Crippen molar-refractivity contribution in [2.75, 3.05) is 6.61 Å². The Labute approximate surface area is 154 Å². The smallest absolute Gasteiger partial charge is 0.455 e. The maximum atomic E-state index is 12.6. The van der Waals surface area contributed by atoms with Crippen molar-refractivity contribution in [2.45, 2.75) is 19.6 Å². The van der Waals surface area contributed by atoms with Crippen LogP contribution in [0.1, 0.15) is 28.9 Å². The Hall–Kier alpha value is -3.02. The van der Waals surface area contributed by atoms with Gasteiger partial charge in [-0.05, 0) is 30.3 Å². The standard InChI is InChI=1S/C14H11ClF3N7O2/c1-2-27-12(26)10-6-8(7-24-22-13(20-23-24)14(16,17)18)21-25(10)11-9(15)4-3-5-19-11/h3-6H,2,7H2,1H3. The first kappa shape index (κ1) is 18.8. The van der Waals surface area contributed by atoms with Gasteiger partial charge in [0.25, 0.3) is 5.82 Å². The third-order valence-electron chi connectivity index (χ3n) is 3.19. The van der Waals surface area contributed by atoms with Crippen molar-refractivity contribution in [3.05, 3.63) is 46.6 Å². The second-order valence-corrected chi connectivity index (χ2v) is 5.51. The first-order valence-electron chi connectivity index (χ1n) is 7.51. The molecule has 0 bridgehead atoms. The van der Waals surface area contributed by atoms with Crippen molar-refractivity contribution in [1.29, 1.82) is 0 Å². The third kappa shape index (κ3) is 4.05. The summed E-state index contributed by atoms with van der Waals surface area (Å²) < 4.78 is 43.9. The zero-order valence-electron chi connectivity index (χ0n) is 13.7. The quantitative estimate of drug-likeness (QED) is 0.604. The normalized spacial score (nSPS) is 11.6. The van der Waals surface area contributed by atoms with E-state index in [1.165, 1.54) is 12.3 Å². The van der Waals surface area contributed by atoms with E-state index >= 15 is 0 Å². The molecular formula is C14H11ClF3N7O2. The predicted octanol–water partition coefficient (Wildman–Crippen LogP) is 2.15. The first-order valence-corrected chi connectivity index (χ1v) is 7.89. The molecule has 0 aliphatic rings. The molecule has 0 saturated heterocycles. The summed E-state index contributed by atoms with van der Waals surface area (Å²) in [6.07, 6.45) is -3.26. The van der Waals surface area contributed by atoms with Gasteiger partial charge in [-0.2, -0.15) is 23.1 Å².